The molecule has 220 valence electrons. The van der Waals surface area contributed by atoms with Gasteiger partial charge in [0.25, 0.3) is 10.0 Å². The highest BCUT2D eigenvalue weighted by molar-refractivity contribution is 7.92. The van der Waals surface area contributed by atoms with E-state index in [1.807, 2.05) is 39.8 Å². The van der Waals surface area contributed by atoms with E-state index in [9.17, 15) is 18.0 Å². The lowest BCUT2D eigenvalue weighted by molar-refractivity contribution is -0.139. The molecule has 0 aliphatic carbocycles. The van der Waals surface area contributed by atoms with E-state index in [4.69, 9.17) is 23.2 Å². The largest absolute Gasteiger partial charge is 0.352 e. The van der Waals surface area contributed by atoms with Crippen molar-refractivity contribution in [2.75, 3.05) is 10.8 Å². The van der Waals surface area contributed by atoms with Gasteiger partial charge >= 0.3 is 0 Å². The number of carbonyl (C=O) groups is 2. The zero-order valence-electron chi connectivity index (χ0n) is 24.0. The highest BCUT2D eigenvalue weighted by Gasteiger charge is 2.33. The Morgan fingerprint density at radius 2 is 1.44 bits per heavy atom. The minimum absolute atomic E-state index is 0.0454. The Hall–Kier alpha value is -3.07. The van der Waals surface area contributed by atoms with Crippen LogP contribution in [0, 0.1) is 0 Å². The number of hydrogen-bond acceptors (Lipinski definition) is 4. The third kappa shape index (κ3) is 8.03. The first-order valence-electron chi connectivity index (χ1n) is 13.6. The van der Waals surface area contributed by atoms with Crippen molar-refractivity contribution in [2.45, 2.75) is 70.5 Å². The summed E-state index contributed by atoms with van der Waals surface area (Å²) in [7, 11) is -4.14. The van der Waals surface area contributed by atoms with Crippen molar-refractivity contribution < 1.29 is 18.0 Å². The molecule has 3 aromatic carbocycles. The minimum atomic E-state index is -4.14. The van der Waals surface area contributed by atoms with E-state index in [2.05, 4.69) is 5.32 Å². The molecule has 7 nitrogen and oxygen atoms in total. The van der Waals surface area contributed by atoms with Crippen molar-refractivity contribution in [1.29, 1.82) is 0 Å². The van der Waals surface area contributed by atoms with Crippen molar-refractivity contribution in [3.8, 4) is 0 Å². The Bertz CT molecular complexity index is 1430. The zero-order chi connectivity index (χ0) is 30.3. The van der Waals surface area contributed by atoms with Crippen LogP contribution in [0.15, 0.2) is 77.7 Å². The quantitative estimate of drug-likeness (QED) is 0.247. The summed E-state index contributed by atoms with van der Waals surface area (Å²) in [6.07, 6.45) is 0.707. The average Bonchev–Trinajstić information content (AvgIpc) is 2.95. The number of amides is 2. The van der Waals surface area contributed by atoms with E-state index in [0.717, 1.165) is 9.87 Å². The number of hydrogen-bond donors (Lipinski definition) is 1. The predicted octanol–water partition coefficient (Wildman–Crippen LogP) is 6.64. The minimum Gasteiger partial charge on any atom is -0.352 e. The first kappa shape index (κ1) is 32.4. The monoisotopic (exact) mass is 617 g/mol. The van der Waals surface area contributed by atoms with Crippen LogP contribution in [0.3, 0.4) is 0 Å². The molecule has 0 spiro atoms. The Morgan fingerprint density at radius 1 is 0.854 bits per heavy atom. The van der Waals surface area contributed by atoms with Crippen molar-refractivity contribution in [1.82, 2.24) is 10.2 Å². The van der Waals surface area contributed by atoms with E-state index >= 15 is 0 Å². The van der Waals surface area contributed by atoms with Gasteiger partial charge in [-0.15, -0.1) is 0 Å². The fraction of sp³-hybridized carbons (Fsp3) is 0.355. The van der Waals surface area contributed by atoms with Gasteiger partial charge in [-0.25, -0.2) is 8.42 Å². The van der Waals surface area contributed by atoms with E-state index < -0.39 is 28.5 Å². The molecular weight excluding hydrogens is 581 g/mol. The summed E-state index contributed by atoms with van der Waals surface area (Å²) in [4.78, 5) is 28.6. The number of nitrogens with one attached hydrogen (secondary N) is 1. The maximum absolute atomic E-state index is 14.1. The normalized spacial score (nSPS) is 13.0. The van der Waals surface area contributed by atoms with Crippen molar-refractivity contribution in [3.63, 3.8) is 0 Å². The first-order chi connectivity index (χ1) is 19.4. The molecule has 0 fully saturated rings. The molecule has 0 saturated carbocycles. The second-order valence-corrected chi connectivity index (χ2v) is 13.0. The number of anilines is 1. The molecule has 0 heterocycles. The topological polar surface area (TPSA) is 86.8 Å². The standard InChI is InChI=1S/C31H37Cl2N3O4S/c1-6-22(4)34-31(38)23(5)35(19-27-28(32)13-10-14-29(27)33)30(37)20-36(25-17-15-24(16-18-25)21(2)3)41(39,40)26-11-8-7-9-12-26/h7-18,21-23H,6,19-20H2,1-5H3,(H,34,38)/t22-,23+/m1/s1. The Balaban J connectivity index is 2.07. The molecule has 2 atom stereocenters. The Kier molecular flexibility index (Phi) is 11.2. The van der Waals surface area contributed by atoms with Gasteiger partial charge in [0.05, 0.1) is 10.6 Å². The fourth-order valence-electron chi connectivity index (χ4n) is 4.18. The summed E-state index contributed by atoms with van der Waals surface area (Å²) in [5, 5.41) is 3.58. The number of sulfonamides is 1. The van der Waals surface area contributed by atoms with E-state index in [1.54, 1.807) is 55.5 Å². The zero-order valence-corrected chi connectivity index (χ0v) is 26.3. The summed E-state index contributed by atoms with van der Waals surface area (Å²) < 4.78 is 28.9. The maximum atomic E-state index is 14.1. The van der Waals surface area contributed by atoms with Crippen LogP contribution < -0.4 is 9.62 Å². The van der Waals surface area contributed by atoms with Gasteiger partial charge in [-0.05, 0) is 68.1 Å². The number of benzene rings is 3. The van der Waals surface area contributed by atoms with Gasteiger partial charge < -0.3 is 10.2 Å². The molecule has 0 aliphatic heterocycles. The second kappa shape index (κ2) is 14.2. The highest BCUT2D eigenvalue weighted by Crippen LogP contribution is 2.29. The van der Waals surface area contributed by atoms with E-state index in [1.165, 1.54) is 17.0 Å². The van der Waals surface area contributed by atoms with Crippen molar-refractivity contribution in [3.05, 3.63) is 94.0 Å². The molecule has 0 saturated heterocycles. The van der Waals surface area contributed by atoms with Crippen LogP contribution in [0.1, 0.15) is 58.1 Å². The molecule has 1 N–H and O–H groups in total. The molecule has 2 amide bonds. The lowest BCUT2D eigenvalue weighted by Crippen LogP contribution is -2.52. The average molecular weight is 619 g/mol. The maximum Gasteiger partial charge on any atom is 0.264 e. The van der Waals surface area contributed by atoms with Gasteiger partial charge in [0.1, 0.15) is 12.6 Å². The van der Waals surface area contributed by atoms with Crippen LogP contribution in [0.4, 0.5) is 5.69 Å². The van der Waals surface area contributed by atoms with Crippen LogP contribution >= 0.6 is 23.2 Å². The summed E-state index contributed by atoms with van der Waals surface area (Å²) >= 11 is 12.9. The van der Waals surface area contributed by atoms with Crippen LogP contribution in [-0.2, 0) is 26.2 Å². The number of halogens is 2. The van der Waals surface area contributed by atoms with Crippen molar-refractivity contribution >= 4 is 50.7 Å². The van der Waals surface area contributed by atoms with Gasteiger partial charge in [0.2, 0.25) is 11.8 Å². The molecule has 0 unspecified atom stereocenters. The molecular formula is C31H37Cl2N3O4S. The fourth-order valence-corrected chi connectivity index (χ4v) is 6.13. The van der Waals surface area contributed by atoms with Crippen LogP contribution in [0.5, 0.6) is 0 Å². The third-order valence-corrected chi connectivity index (χ3v) is 9.51. The van der Waals surface area contributed by atoms with Gasteiger partial charge in [-0.1, -0.05) is 80.4 Å². The number of rotatable bonds is 12. The summed E-state index contributed by atoms with van der Waals surface area (Å²) in [6.45, 7) is 8.88. The van der Waals surface area contributed by atoms with Gasteiger partial charge in [0, 0.05) is 28.2 Å². The van der Waals surface area contributed by atoms with E-state index in [-0.39, 0.29) is 29.3 Å². The van der Waals surface area contributed by atoms with Crippen LogP contribution in [0.25, 0.3) is 0 Å². The predicted molar refractivity (Wildman–Crippen MR) is 166 cm³/mol. The van der Waals surface area contributed by atoms with Crippen LogP contribution in [0.2, 0.25) is 10.0 Å². The Labute approximate surface area is 253 Å². The molecule has 10 heteroatoms. The second-order valence-electron chi connectivity index (χ2n) is 10.3. The first-order valence-corrected chi connectivity index (χ1v) is 15.8. The molecule has 3 aromatic rings. The van der Waals surface area contributed by atoms with Gasteiger partial charge in [-0.3, -0.25) is 13.9 Å². The van der Waals surface area contributed by atoms with Crippen LogP contribution in [-0.4, -0.2) is 43.8 Å². The molecule has 0 aliphatic rings. The highest BCUT2D eigenvalue weighted by atomic mass is 35.5. The number of nitrogens with zero attached hydrogens (tertiary/aromatic N) is 2. The summed E-state index contributed by atoms with van der Waals surface area (Å²) in [5.74, 6) is -0.708. The molecule has 0 radical (unpaired) electrons. The lowest BCUT2D eigenvalue weighted by Gasteiger charge is -2.33. The van der Waals surface area contributed by atoms with Gasteiger partial charge in [0.15, 0.2) is 0 Å². The Morgan fingerprint density at radius 3 is 1.98 bits per heavy atom. The summed E-state index contributed by atoms with van der Waals surface area (Å²) in [5.41, 5.74) is 1.83. The molecule has 3 rings (SSSR count). The summed E-state index contributed by atoms with van der Waals surface area (Å²) in [6, 6.07) is 19.0. The smallest absolute Gasteiger partial charge is 0.264 e. The molecule has 0 bridgehead atoms. The number of carbonyl (C=O) groups excluding carboxylic acids is 2. The lowest BCUT2D eigenvalue weighted by atomic mass is 10.0. The SMILES string of the molecule is CC[C@@H](C)NC(=O)[C@H](C)N(Cc1c(Cl)cccc1Cl)C(=O)CN(c1ccc(C(C)C)cc1)S(=O)(=O)c1ccccc1. The molecule has 0 aromatic heterocycles. The third-order valence-electron chi connectivity index (χ3n) is 7.02. The van der Waals surface area contributed by atoms with E-state index in [0.29, 0.717) is 27.7 Å². The van der Waals surface area contributed by atoms with Gasteiger partial charge in [-0.2, -0.15) is 0 Å². The van der Waals surface area contributed by atoms with Crippen molar-refractivity contribution in [2.24, 2.45) is 0 Å². The molecule has 41 heavy (non-hydrogen) atoms.